The zero-order valence-electron chi connectivity index (χ0n) is 8.36. The van der Waals surface area contributed by atoms with Crippen LogP contribution in [-0.2, 0) is 6.54 Å². The predicted octanol–water partition coefficient (Wildman–Crippen LogP) is 0.781. The van der Waals surface area contributed by atoms with Gasteiger partial charge in [-0.1, -0.05) is 11.8 Å². The van der Waals surface area contributed by atoms with E-state index in [1.54, 1.807) is 13.8 Å². The van der Waals surface area contributed by atoms with Crippen LogP contribution < -0.4 is 5.73 Å². The minimum atomic E-state index is -0.649. The predicted molar refractivity (Wildman–Crippen MR) is 53.8 cm³/mol. The molecule has 0 aliphatic carbocycles. The molecule has 0 saturated carbocycles. The summed E-state index contributed by atoms with van der Waals surface area (Å²) in [6, 6.07) is 0. The smallest absolute Gasteiger partial charge is 0.276 e. The van der Waals surface area contributed by atoms with Crippen LogP contribution in [-0.4, -0.2) is 26.7 Å². The summed E-state index contributed by atoms with van der Waals surface area (Å²) in [6.07, 6.45) is 0.679. The SMILES string of the molecule is CC(C)(O)CCSc1nnc(CN)o1. The van der Waals surface area contributed by atoms with Crippen molar-refractivity contribution >= 4 is 11.8 Å². The maximum Gasteiger partial charge on any atom is 0.276 e. The highest BCUT2D eigenvalue weighted by Gasteiger charge is 2.13. The third-order valence-electron chi connectivity index (χ3n) is 1.56. The summed E-state index contributed by atoms with van der Waals surface area (Å²) in [4.78, 5) is 0. The van der Waals surface area contributed by atoms with Crippen LogP contribution in [0.3, 0.4) is 0 Å². The summed E-state index contributed by atoms with van der Waals surface area (Å²) in [5.74, 6) is 1.19. The molecule has 14 heavy (non-hydrogen) atoms. The van der Waals surface area contributed by atoms with Crippen LogP contribution in [0.2, 0.25) is 0 Å². The van der Waals surface area contributed by atoms with Gasteiger partial charge in [-0.25, -0.2) is 0 Å². The zero-order chi connectivity index (χ0) is 10.6. The summed E-state index contributed by atoms with van der Waals surface area (Å²) in [6.45, 7) is 3.80. The summed E-state index contributed by atoms with van der Waals surface area (Å²) in [7, 11) is 0. The van der Waals surface area contributed by atoms with Crippen molar-refractivity contribution in [3.05, 3.63) is 5.89 Å². The molecule has 3 N–H and O–H groups in total. The molecule has 1 heterocycles. The van der Waals surface area contributed by atoms with E-state index in [4.69, 9.17) is 10.2 Å². The van der Waals surface area contributed by atoms with Gasteiger partial charge in [-0.15, -0.1) is 10.2 Å². The van der Waals surface area contributed by atoms with Gasteiger partial charge in [0.2, 0.25) is 5.89 Å². The molecule has 0 unspecified atom stereocenters. The number of aromatic nitrogens is 2. The summed E-state index contributed by atoms with van der Waals surface area (Å²) < 4.78 is 5.18. The lowest BCUT2D eigenvalue weighted by Crippen LogP contribution is -2.18. The van der Waals surface area contributed by atoms with E-state index in [0.29, 0.717) is 17.5 Å². The lowest BCUT2D eigenvalue weighted by molar-refractivity contribution is 0.0777. The van der Waals surface area contributed by atoms with Crippen LogP contribution in [0.5, 0.6) is 0 Å². The number of hydrogen-bond acceptors (Lipinski definition) is 6. The lowest BCUT2D eigenvalue weighted by Gasteiger charge is -2.15. The van der Waals surface area contributed by atoms with E-state index in [-0.39, 0.29) is 6.54 Å². The van der Waals surface area contributed by atoms with Crippen LogP contribution in [0.25, 0.3) is 0 Å². The fourth-order valence-electron chi connectivity index (χ4n) is 0.767. The van der Waals surface area contributed by atoms with Crippen LogP contribution >= 0.6 is 11.8 Å². The van der Waals surface area contributed by atoms with Gasteiger partial charge in [-0.05, 0) is 20.3 Å². The molecule has 0 spiro atoms. The van der Waals surface area contributed by atoms with Gasteiger partial charge in [-0.2, -0.15) is 0 Å². The van der Waals surface area contributed by atoms with Gasteiger partial charge in [0, 0.05) is 5.75 Å². The summed E-state index contributed by atoms with van der Waals surface area (Å²) in [5, 5.41) is 17.5. The molecule has 6 heteroatoms. The third-order valence-corrected chi connectivity index (χ3v) is 2.38. The first-order valence-electron chi connectivity index (χ1n) is 4.39. The van der Waals surface area contributed by atoms with Gasteiger partial charge in [0.1, 0.15) is 0 Å². The summed E-state index contributed by atoms with van der Waals surface area (Å²) >= 11 is 1.43. The quantitative estimate of drug-likeness (QED) is 0.709. The molecular weight excluding hydrogens is 202 g/mol. The third kappa shape index (κ3) is 4.08. The molecule has 0 amide bonds. The Labute approximate surface area is 87.1 Å². The van der Waals surface area contributed by atoms with Crippen molar-refractivity contribution in [3.63, 3.8) is 0 Å². The largest absolute Gasteiger partial charge is 0.415 e. The van der Waals surface area contributed by atoms with E-state index >= 15 is 0 Å². The van der Waals surface area contributed by atoms with Crippen molar-refractivity contribution in [1.29, 1.82) is 0 Å². The number of hydrogen-bond donors (Lipinski definition) is 2. The van der Waals surface area contributed by atoms with E-state index in [2.05, 4.69) is 10.2 Å². The molecular formula is C8H15N3O2S. The second kappa shape index (κ2) is 4.77. The molecule has 0 bridgehead atoms. The van der Waals surface area contributed by atoms with Crippen molar-refractivity contribution in [2.24, 2.45) is 5.73 Å². The molecule has 0 atom stereocenters. The van der Waals surface area contributed by atoms with E-state index < -0.39 is 5.60 Å². The molecule has 5 nitrogen and oxygen atoms in total. The number of nitrogens with zero attached hydrogens (tertiary/aromatic N) is 2. The minimum absolute atomic E-state index is 0.263. The van der Waals surface area contributed by atoms with Crippen molar-refractivity contribution in [2.45, 2.75) is 37.6 Å². The number of rotatable bonds is 5. The highest BCUT2D eigenvalue weighted by molar-refractivity contribution is 7.99. The second-order valence-corrected chi connectivity index (χ2v) is 4.62. The molecule has 0 fully saturated rings. The van der Waals surface area contributed by atoms with Crippen molar-refractivity contribution in [2.75, 3.05) is 5.75 Å². The van der Waals surface area contributed by atoms with Crippen molar-refractivity contribution in [3.8, 4) is 0 Å². The fourth-order valence-corrected chi connectivity index (χ4v) is 1.80. The maximum atomic E-state index is 9.45. The number of aliphatic hydroxyl groups is 1. The van der Waals surface area contributed by atoms with Gasteiger partial charge in [0.15, 0.2) is 0 Å². The first kappa shape index (κ1) is 11.5. The van der Waals surface area contributed by atoms with Gasteiger partial charge < -0.3 is 15.3 Å². The van der Waals surface area contributed by atoms with E-state index in [0.717, 1.165) is 5.75 Å². The van der Waals surface area contributed by atoms with Crippen LogP contribution in [0.4, 0.5) is 0 Å². The van der Waals surface area contributed by atoms with Gasteiger partial charge in [0.25, 0.3) is 5.22 Å². The highest BCUT2D eigenvalue weighted by Crippen LogP contribution is 2.20. The Morgan fingerprint density at radius 3 is 2.71 bits per heavy atom. The topological polar surface area (TPSA) is 85.2 Å². The molecule has 0 aromatic carbocycles. The Morgan fingerprint density at radius 1 is 1.50 bits per heavy atom. The monoisotopic (exact) mass is 217 g/mol. The molecule has 0 aliphatic rings. The Hall–Kier alpha value is -0.590. The molecule has 1 rings (SSSR count). The number of thioether (sulfide) groups is 1. The molecule has 0 saturated heterocycles. The van der Waals surface area contributed by atoms with Crippen molar-refractivity contribution in [1.82, 2.24) is 10.2 Å². The van der Waals surface area contributed by atoms with Crippen molar-refractivity contribution < 1.29 is 9.52 Å². The van der Waals surface area contributed by atoms with Gasteiger partial charge >= 0.3 is 0 Å². The zero-order valence-corrected chi connectivity index (χ0v) is 9.17. The van der Waals surface area contributed by atoms with Crippen LogP contribution in [0.15, 0.2) is 9.64 Å². The first-order chi connectivity index (χ1) is 6.51. The van der Waals surface area contributed by atoms with Gasteiger partial charge in [0.05, 0.1) is 12.1 Å². The van der Waals surface area contributed by atoms with Gasteiger partial charge in [-0.3, -0.25) is 0 Å². The molecule has 0 aliphatic heterocycles. The fraction of sp³-hybridized carbons (Fsp3) is 0.750. The second-order valence-electron chi connectivity index (χ2n) is 3.58. The van der Waals surface area contributed by atoms with Crippen LogP contribution in [0, 0.1) is 0 Å². The average Bonchev–Trinajstić information content (AvgIpc) is 2.50. The Morgan fingerprint density at radius 2 is 2.21 bits per heavy atom. The first-order valence-corrected chi connectivity index (χ1v) is 5.37. The standard InChI is InChI=1S/C8H15N3O2S/c1-8(2,12)3-4-14-7-11-10-6(5-9)13-7/h12H,3-5,9H2,1-2H3. The lowest BCUT2D eigenvalue weighted by atomic mass is 10.1. The van der Waals surface area contributed by atoms with E-state index in [1.165, 1.54) is 11.8 Å². The maximum absolute atomic E-state index is 9.45. The highest BCUT2D eigenvalue weighted by atomic mass is 32.2. The minimum Gasteiger partial charge on any atom is -0.415 e. The molecule has 1 aromatic heterocycles. The molecule has 0 radical (unpaired) electrons. The average molecular weight is 217 g/mol. The van der Waals surface area contributed by atoms with E-state index in [9.17, 15) is 5.11 Å². The Kier molecular flexibility index (Phi) is 3.91. The van der Waals surface area contributed by atoms with E-state index in [1.807, 2.05) is 0 Å². The molecule has 80 valence electrons. The molecule has 1 aromatic rings. The normalized spacial score (nSPS) is 12.0. The Balaban J connectivity index is 2.31. The summed E-state index contributed by atoms with van der Waals surface area (Å²) in [5.41, 5.74) is 4.67. The number of nitrogens with two attached hydrogens (primary N) is 1. The Bertz CT molecular complexity index is 282. The van der Waals surface area contributed by atoms with Crippen LogP contribution in [0.1, 0.15) is 26.2 Å².